The summed E-state index contributed by atoms with van der Waals surface area (Å²) >= 11 is 0. The minimum absolute atomic E-state index is 0.0451. The molecule has 0 bridgehead atoms. The number of rotatable bonds is 8. The van der Waals surface area contributed by atoms with Crippen LogP contribution < -0.4 is 16.2 Å². The van der Waals surface area contributed by atoms with Crippen molar-refractivity contribution in [2.24, 2.45) is 10.2 Å². The number of carbonyl (C=O) groups excluding carboxylic acids is 1. The zero-order valence-electron chi connectivity index (χ0n) is 18.5. The average Bonchev–Trinajstić information content (AvgIpc) is 2.87. The first kappa shape index (κ1) is 23.0. The lowest BCUT2D eigenvalue weighted by Crippen LogP contribution is -2.30. The van der Waals surface area contributed by atoms with Crippen molar-refractivity contribution in [3.8, 4) is 0 Å². The van der Waals surface area contributed by atoms with E-state index in [4.69, 9.17) is 0 Å². The highest BCUT2D eigenvalue weighted by atomic mass is 16.6. The third-order valence-electron chi connectivity index (χ3n) is 4.86. The van der Waals surface area contributed by atoms with Crippen LogP contribution in [0.1, 0.15) is 15.9 Å². The van der Waals surface area contributed by atoms with Gasteiger partial charge in [-0.25, -0.2) is 9.97 Å². The number of benzene rings is 3. The Kier molecular flexibility index (Phi) is 6.97. The van der Waals surface area contributed by atoms with Crippen LogP contribution >= 0.6 is 0 Å². The van der Waals surface area contributed by atoms with Crippen molar-refractivity contribution in [1.29, 1.82) is 0 Å². The summed E-state index contributed by atoms with van der Waals surface area (Å²) in [5.74, 6) is -0.662. The van der Waals surface area contributed by atoms with Crippen LogP contribution in [0.4, 0.5) is 34.4 Å². The van der Waals surface area contributed by atoms with Crippen LogP contribution in [0.25, 0.3) is 0 Å². The molecule has 4 aromatic rings. The predicted molar refractivity (Wildman–Crippen MR) is 131 cm³/mol. The molecule has 35 heavy (non-hydrogen) atoms. The van der Waals surface area contributed by atoms with Crippen LogP contribution in [-0.4, -0.2) is 20.8 Å². The Bertz CT molecular complexity index is 1380. The second-order valence-corrected chi connectivity index (χ2v) is 7.28. The van der Waals surface area contributed by atoms with Crippen molar-refractivity contribution in [2.45, 2.75) is 6.92 Å². The van der Waals surface area contributed by atoms with E-state index in [1.165, 1.54) is 0 Å². The largest absolute Gasteiger partial charge is 0.355 e. The molecule has 1 aromatic heterocycles. The van der Waals surface area contributed by atoms with Gasteiger partial charge in [-0.15, -0.1) is 0 Å². The molecular formula is C24H20N8O3. The van der Waals surface area contributed by atoms with Gasteiger partial charge in [-0.05, 0) is 55.0 Å². The highest BCUT2D eigenvalue weighted by Crippen LogP contribution is 2.31. The number of carbonyl (C=O) groups is 1. The fourth-order valence-corrected chi connectivity index (χ4v) is 3.10. The molecule has 0 saturated carbocycles. The van der Waals surface area contributed by atoms with Crippen molar-refractivity contribution in [3.05, 3.63) is 106 Å². The molecule has 0 aliphatic carbocycles. The van der Waals surface area contributed by atoms with Crippen LogP contribution in [0.15, 0.2) is 95.4 Å². The molecule has 174 valence electrons. The second-order valence-electron chi connectivity index (χ2n) is 7.28. The minimum Gasteiger partial charge on any atom is -0.334 e. The number of azo groups is 1. The zero-order chi connectivity index (χ0) is 24.6. The van der Waals surface area contributed by atoms with E-state index >= 15 is 0 Å². The lowest BCUT2D eigenvalue weighted by Gasteiger charge is -2.11. The van der Waals surface area contributed by atoms with Gasteiger partial charge in [0, 0.05) is 11.3 Å². The third kappa shape index (κ3) is 5.79. The van der Waals surface area contributed by atoms with Gasteiger partial charge in [0.2, 0.25) is 11.6 Å². The first-order valence-corrected chi connectivity index (χ1v) is 10.5. The van der Waals surface area contributed by atoms with E-state index in [2.05, 4.69) is 36.4 Å². The first-order chi connectivity index (χ1) is 17.0. The molecule has 0 spiro atoms. The Morgan fingerprint density at radius 3 is 2.17 bits per heavy atom. The van der Waals surface area contributed by atoms with E-state index in [9.17, 15) is 14.9 Å². The van der Waals surface area contributed by atoms with Gasteiger partial charge in [-0.2, -0.15) is 10.2 Å². The maximum absolute atomic E-state index is 12.5. The Morgan fingerprint density at radius 2 is 1.49 bits per heavy atom. The lowest BCUT2D eigenvalue weighted by atomic mass is 10.1. The fourth-order valence-electron chi connectivity index (χ4n) is 3.10. The SMILES string of the molecule is Cc1ccccc1C(=O)NNc1ncnc(Nc2ccc(N=Nc3ccccc3)cc2)c1[N+](=O)[O-]. The third-order valence-corrected chi connectivity index (χ3v) is 4.86. The molecule has 4 rings (SSSR count). The van der Waals surface area contributed by atoms with Crippen molar-refractivity contribution in [2.75, 3.05) is 10.7 Å². The van der Waals surface area contributed by atoms with Crippen molar-refractivity contribution in [1.82, 2.24) is 15.4 Å². The number of nitro groups is 1. The highest BCUT2D eigenvalue weighted by Gasteiger charge is 2.24. The molecule has 0 aliphatic heterocycles. The molecule has 11 nitrogen and oxygen atoms in total. The highest BCUT2D eigenvalue weighted by molar-refractivity contribution is 5.96. The molecule has 1 amide bonds. The summed E-state index contributed by atoms with van der Waals surface area (Å²) in [6.45, 7) is 1.79. The fraction of sp³-hybridized carbons (Fsp3) is 0.0417. The number of hydrazine groups is 1. The second kappa shape index (κ2) is 10.6. The Balaban J connectivity index is 1.48. The molecule has 0 unspecified atom stereocenters. The molecule has 3 N–H and O–H groups in total. The van der Waals surface area contributed by atoms with E-state index in [-0.39, 0.29) is 11.6 Å². The van der Waals surface area contributed by atoms with Crippen molar-refractivity contribution in [3.63, 3.8) is 0 Å². The monoisotopic (exact) mass is 468 g/mol. The molecule has 0 aliphatic rings. The van der Waals surface area contributed by atoms with Crippen LogP contribution in [-0.2, 0) is 0 Å². The van der Waals surface area contributed by atoms with Gasteiger partial charge in [-0.1, -0.05) is 36.4 Å². The quantitative estimate of drug-likeness (QED) is 0.173. The van der Waals surface area contributed by atoms with Gasteiger partial charge in [0.25, 0.3) is 5.91 Å². The van der Waals surface area contributed by atoms with Crippen LogP contribution in [0, 0.1) is 17.0 Å². The number of nitrogens with one attached hydrogen (secondary N) is 3. The Hall–Kier alpha value is -5.19. The van der Waals surface area contributed by atoms with Crippen molar-refractivity contribution >= 4 is 40.3 Å². The molecule has 1 heterocycles. The predicted octanol–water partition coefficient (Wildman–Crippen LogP) is 5.61. The standard InChI is InChI=1S/C24H20N8O3/c1-16-7-5-6-10-20(16)24(33)31-30-23-21(32(34)35)22(25-15-26-23)27-17-11-13-19(14-12-17)29-28-18-8-3-2-4-9-18/h2-15H,1H3,(H,31,33)(H2,25,26,27,30). The first-order valence-electron chi connectivity index (χ1n) is 10.5. The topological polar surface area (TPSA) is 147 Å². The summed E-state index contributed by atoms with van der Waals surface area (Å²) in [4.78, 5) is 31.5. The van der Waals surface area contributed by atoms with Gasteiger partial charge in [0.15, 0.2) is 0 Å². The number of hydrogen-bond donors (Lipinski definition) is 3. The van der Waals surface area contributed by atoms with E-state index in [1.54, 1.807) is 49.4 Å². The molecule has 11 heteroatoms. The van der Waals surface area contributed by atoms with Crippen LogP contribution in [0.3, 0.4) is 0 Å². The van der Waals surface area contributed by atoms with Gasteiger partial charge in [0.05, 0.1) is 16.3 Å². The molecule has 0 fully saturated rings. The average molecular weight is 468 g/mol. The van der Waals surface area contributed by atoms with Crippen molar-refractivity contribution < 1.29 is 9.72 Å². The maximum Gasteiger partial charge on any atom is 0.355 e. The number of aryl methyl sites for hydroxylation is 1. The van der Waals surface area contributed by atoms with E-state index < -0.39 is 16.5 Å². The number of anilines is 3. The summed E-state index contributed by atoms with van der Waals surface area (Å²) in [5.41, 5.74) is 7.61. The van der Waals surface area contributed by atoms with E-state index in [1.807, 2.05) is 36.4 Å². The summed E-state index contributed by atoms with van der Waals surface area (Å²) < 4.78 is 0. The Labute approximate surface area is 200 Å². The summed E-state index contributed by atoms with van der Waals surface area (Å²) in [6.07, 6.45) is 1.15. The summed E-state index contributed by atoms with van der Waals surface area (Å²) in [6, 6.07) is 23.1. The van der Waals surface area contributed by atoms with Crippen LogP contribution in [0.5, 0.6) is 0 Å². The summed E-state index contributed by atoms with van der Waals surface area (Å²) in [5, 5.41) is 23.0. The lowest BCUT2D eigenvalue weighted by molar-refractivity contribution is -0.383. The van der Waals surface area contributed by atoms with Gasteiger partial charge in [0.1, 0.15) is 6.33 Å². The van der Waals surface area contributed by atoms with Crippen LogP contribution in [0.2, 0.25) is 0 Å². The maximum atomic E-state index is 12.5. The molecular weight excluding hydrogens is 448 g/mol. The zero-order valence-corrected chi connectivity index (χ0v) is 18.5. The van der Waals surface area contributed by atoms with E-state index in [0.717, 1.165) is 17.6 Å². The van der Waals surface area contributed by atoms with E-state index in [0.29, 0.717) is 16.9 Å². The molecule has 0 atom stereocenters. The number of hydrogen-bond acceptors (Lipinski definition) is 9. The molecule has 0 radical (unpaired) electrons. The van der Waals surface area contributed by atoms with Gasteiger partial charge < -0.3 is 5.32 Å². The number of nitrogens with zero attached hydrogens (tertiary/aromatic N) is 5. The van der Waals surface area contributed by atoms with Gasteiger partial charge >= 0.3 is 5.69 Å². The molecule has 3 aromatic carbocycles. The smallest absolute Gasteiger partial charge is 0.334 e. The summed E-state index contributed by atoms with van der Waals surface area (Å²) in [7, 11) is 0. The molecule has 0 saturated heterocycles. The number of aromatic nitrogens is 2. The minimum atomic E-state index is -0.632. The Morgan fingerprint density at radius 1 is 0.857 bits per heavy atom. The van der Waals surface area contributed by atoms with Gasteiger partial charge in [-0.3, -0.25) is 25.8 Å². The number of amides is 1. The normalized spacial score (nSPS) is 10.7.